The standard InChI is InChI=1S/C31H36N2O/c34-31(27-16-8-3-9-17-27)33(24-25-12-4-1-5-13-25)28-20-22-32(23-21-28)30-19-11-10-18-29(30)26-14-6-2-7-15-26/h1-9,12-17,28-30H,10-11,18-24H2. The van der Waals surface area contributed by atoms with E-state index in [1.807, 2.05) is 36.4 Å². The van der Waals surface area contributed by atoms with Crippen molar-refractivity contribution in [1.29, 1.82) is 0 Å². The highest BCUT2D eigenvalue weighted by atomic mass is 16.2. The van der Waals surface area contributed by atoms with E-state index in [-0.39, 0.29) is 11.9 Å². The molecule has 0 N–H and O–H groups in total. The van der Waals surface area contributed by atoms with Crippen LogP contribution in [0.25, 0.3) is 0 Å². The average Bonchev–Trinajstić information content (AvgIpc) is 2.93. The molecule has 1 aliphatic heterocycles. The van der Waals surface area contributed by atoms with E-state index in [2.05, 4.69) is 64.4 Å². The predicted molar refractivity (Wildman–Crippen MR) is 139 cm³/mol. The van der Waals surface area contributed by atoms with Crippen molar-refractivity contribution in [3.05, 3.63) is 108 Å². The topological polar surface area (TPSA) is 23.6 Å². The second-order valence-electron chi connectivity index (χ2n) is 9.92. The Labute approximate surface area is 204 Å². The number of carbonyl (C=O) groups excluding carboxylic acids is 1. The summed E-state index contributed by atoms with van der Waals surface area (Å²) in [5, 5.41) is 0. The van der Waals surface area contributed by atoms with Crippen LogP contribution in [0.5, 0.6) is 0 Å². The first-order chi connectivity index (χ1) is 16.8. The lowest BCUT2D eigenvalue weighted by atomic mass is 9.78. The summed E-state index contributed by atoms with van der Waals surface area (Å²) in [6.07, 6.45) is 7.35. The van der Waals surface area contributed by atoms with Crippen molar-refractivity contribution in [2.45, 2.75) is 63.1 Å². The fraction of sp³-hybridized carbons (Fsp3) is 0.387. The molecule has 5 rings (SSSR count). The van der Waals surface area contributed by atoms with Gasteiger partial charge in [-0.25, -0.2) is 0 Å². The van der Waals surface area contributed by atoms with Crippen LogP contribution in [0.15, 0.2) is 91.0 Å². The van der Waals surface area contributed by atoms with Gasteiger partial charge in [-0.05, 0) is 54.9 Å². The Morgan fingerprint density at radius 3 is 2.00 bits per heavy atom. The molecule has 176 valence electrons. The molecule has 1 saturated heterocycles. The van der Waals surface area contributed by atoms with Crippen molar-refractivity contribution in [3.63, 3.8) is 0 Å². The predicted octanol–water partition coefficient (Wildman–Crippen LogP) is 6.52. The van der Waals surface area contributed by atoms with Crippen LogP contribution >= 0.6 is 0 Å². The number of amides is 1. The highest BCUT2D eigenvalue weighted by Gasteiger charge is 2.35. The van der Waals surface area contributed by atoms with E-state index in [1.165, 1.54) is 36.8 Å². The lowest BCUT2D eigenvalue weighted by Crippen LogP contribution is -2.51. The van der Waals surface area contributed by atoms with E-state index in [4.69, 9.17) is 0 Å². The van der Waals surface area contributed by atoms with Gasteiger partial charge in [-0.2, -0.15) is 0 Å². The zero-order valence-electron chi connectivity index (χ0n) is 20.1. The lowest BCUT2D eigenvalue weighted by molar-refractivity contribution is 0.0432. The van der Waals surface area contributed by atoms with Crippen LogP contribution in [0, 0.1) is 0 Å². The molecule has 2 atom stereocenters. The summed E-state index contributed by atoms with van der Waals surface area (Å²) < 4.78 is 0. The first-order valence-electron chi connectivity index (χ1n) is 13.0. The molecular formula is C31H36N2O. The van der Waals surface area contributed by atoms with Gasteiger partial charge in [0.05, 0.1) is 0 Å². The summed E-state index contributed by atoms with van der Waals surface area (Å²) in [5.41, 5.74) is 3.49. The van der Waals surface area contributed by atoms with Gasteiger partial charge in [-0.1, -0.05) is 91.7 Å². The number of benzene rings is 3. The van der Waals surface area contributed by atoms with Gasteiger partial charge in [0, 0.05) is 37.3 Å². The molecule has 3 aromatic rings. The van der Waals surface area contributed by atoms with E-state index >= 15 is 0 Å². The van der Waals surface area contributed by atoms with Crippen LogP contribution in [0.4, 0.5) is 0 Å². The van der Waals surface area contributed by atoms with Crippen LogP contribution in [0.2, 0.25) is 0 Å². The normalized spacial score (nSPS) is 21.8. The van der Waals surface area contributed by atoms with Crippen LogP contribution in [-0.4, -0.2) is 40.9 Å². The van der Waals surface area contributed by atoms with E-state index in [1.54, 1.807) is 0 Å². The molecule has 0 radical (unpaired) electrons. The van der Waals surface area contributed by atoms with Gasteiger partial charge >= 0.3 is 0 Å². The Hall–Kier alpha value is -2.91. The molecule has 0 bridgehead atoms. The highest BCUT2D eigenvalue weighted by molar-refractivity contribution is 5.94. The fourth-order valence-electron chi connectivity index (χ4n) is 6.06. The minimum atomic E-state index is 0.155. The van der Waals surface area contributed by atoms with Crippen molar-refractivity contribution in [2.24, 2.45) is 0 Å². The molecule has 0 aromatic heterocycles. The quantitative estimate of drug-likeness (QED) is 0.425. The molecule has 3 nitrogen and oxygen atoms in total. The fourth-order valence-corrected chi connectivity index (χ4v) is 6.06. The van der Waals surface area contributed by atoms with Crippen LogP contribution in [-0.2, 0) is 6.54 Å². The first-order valence-corrected chi connectivity index (χ1v) is 13.0. The van der Waals surface area contributed by atoms with Gasteiger partial charge in [0.2, 0.25) is 0 Å². The SMILES string of the molecule is O=C(c1ccccc1)N(Cc1ccccc1)C1CCN(C2CCCCC2c2ccccc2)CC1. The van der Waals surface area contributed by atoms with Gasteiger partial charge in [0.15, 0.2) is 0 Å². The second kappa shape index (κ2) is 11.0. The summed E-state index contributed by atoms with van der Waals surface area (Å²) in [4.78, 5) is 18.5. The van der Waals surface area contributed by atoms with Crippen LogP contribution in [0.1, 0.15) is 65.9 Å². The minimum Gasteiger partial charge on any atom is -0.331 e. The van der Waals surface area contributed by atoms with Crippen molar-refractivity contribution in [2.75, 3.05) is 13.1 Å². The molecule has 1 aliphatic carbocycles. The maximum Gasteiger partial charge on any atom is 0.254 e. The largest absolute Gasteiger partial charge is 0.331 e. The number of likely N-dealkylation sites (tertiary alicyclic amines) is 1. The molecule has 2 fully saturated rings. The number of carbonyl (C=O) groups is 1. The van der Waals surface area contributed by atoms with Gasteiger partial charge < -0.3 is 4.90 Å². The first kappa shape index (κ1) is 22.9. The summed E-state index contributed by atoms with van der Waals surface area (Å²) in [6, 6.07) is 32.3. The Morgan fingerprint density at radius 2 is 1.32 bits per heavy atom. The molecule has 0 spiro atoms. The van der Waals surface area contributed by atoms with Crippen molar-refractivity contribution in [1.82, 2.24) is 9.80 Å². The lowest BCUT2D eigenvalue weighted by Gasteiger charge is -2.45. The number of piperidine rings is 1. The van der Waals surface area contributed by atoms with Gasteiger partial charge in [-0.15, -0.1) is 0 Å². The maximum atomic E-state index is 13.6. The van der Waals surface area contributed by atoms with E-state index in [9.17, 15) is 4.79 Å². The number of nitrogens with zero attached hydrogens (tertiary/aromatic N) is 2. The summed E-state index contributed by atoms with van der Waals surface area (Å²) in [7, 11) is 0. The molecule has 1 saturated carbocycles. The maximum absolute atomic E-state index is 13.6. The third-order valence-corrected chi connectivity index (χ3v) is 7.84. The van der Waals surface area contributed by atoms with Crippen LogP contribution < -0.4 is 0 Å². The zero-order valence-corrected chi connectivity index (χ0v) is 20.1. The van der Waals surface area contributed by atoms with Gasteiger partial charge in [0.25, 0.3) is 5.91 Å². The monoisotopic (exact) mass is 452 g/mol. The van der Waals surface area contributed by atoms with Gasteiger partial charge in [0.1, 0.15) is 0 Å². The molecule has 3 heteroatoms. The molecule has 1 amide bonds. The van der Waals surface area contributed by atoms with Crippen LogP contribution in [0.3, 0.4) is 0 Å². The zero-order chi connectivity index (χ0) is 23.2. The smallest absolute Gasteiger partial charge is 0.254 e. The van der Waals surface area contributed by atoms with Crippen molar-refractivity contribution < 1.29 is 4.79 Å². The Bertz CT molecular complexity index is 1030. The molecule has 2 aliphatic rings. The molecular weight excluding hydrogens is 416 g/mol. The second-order valence-corrected chi connectivity index (χ2v) is 9.92. The van der Waals surface area contributed by atoms with Crippen molar-refractivity contribution >= 4 is 5.91 Å². The number of rotatable bonds is 6. The Morgan fingerprint density at radius 1 is 0.735 bits per heavy atom. The third kappa shape index (κ3) is 5.26. The molecule has 1 heterocycles. The molecule has 2 unspecified atom stereocenters. The Balaban J connectivity index is 1.30. The highest BCUT2D eigenvalue weighted by Crippen LogP contribution is 2.37. The van der Waals surface area contributed by atoms with Crippen molar-refractivity contribution in [3.8, 4) is 0 Å². The minimum absolute atomic E-state index is 0.155. The summed E-state index contributed by atoms with van der Waals surface area (Å²) in [5.74, 6) is 0.792. The van der Waals surface area contributed by atoms with E-state index < -0.39 is 0 Å². The molecule has 34 heavy (non-hydrogen) atoms. The number of hydrogen-bond acceptors (Lipinski definition) is 2. The number of hydrogen-bond donors (Lipinski definition) is 0. The third-order valence-electron chi connectivity index (χ3n) is 7.84. The summed E-state index contributed by atoms with van der Waals surface area (Å²) >= 11 is 0. The van der Waals surface area contributed by atoms with E-state index in [0.717, 1.165) is 31.5 Å². The van der Waals surface area contributed by atoms with Gasteiger partial charge in [-0.3, -0.25) is 9.69 Å². The average molecular weight is 453 g/mol. The Kier molecular flexibility index (Phi) is 7.40. The van der Waals surface area contributed by atoms with E-state index in [0.29, 0.717) is 18.5 Å². The molecule has 3 aromatic carbocycles. The summed E-state index contributed by atoms with van der Waals surface area (Å²) in [6.45, 7) is 2.83.